The Morgan fingerprint density at radius 2 is 1.47 bits per heavy atom. The number of hydrogen-bond acceptors (Lipinski definition) is 4. The molecule has 2 amide bonds. The highest BCUT2D eigenvalue weighted by atomic mass is 16.2. The fourth-order valence-electron chi connectivity index (χ4n) is 4.37. The first-order valence-corrected chi connectivity index (χ1v) is 13.3. The number of carbonyl (C=O) groups excluding carboxylic acids is 4. The van der Waals surface area contributed by atoms with E-state index in [9.17, 15) is 19.2 Å². The van der Waals surface area contributed by atoms with Crippen molar-refractivity contribution in [1.82, 2.24) is 10.6 Å². The van der Waals surface area contributed by atoms with Crippen LogP contribution in [-0.2, 0) is 20.8 Å². The van der Waals surface area contributed by atoms with Gasteiger partial charge in [0.15, 0.2) is 5.78 Å². The van der Waals surface area contributed by atoms with Crippen molar-refractivity contribution in [3.8, 4) is 0 Å². The van der Waals surface area contributed by atoms with E-state index < -0.39 is 11.5 Å². The standard InChI is InChI=1S/C32H38N2O4/c1-32(2,3)34-30(37)22-27(21-28(35)18-15-23-10-5-4-6-11-23)31(38)33-19-9-14-29(36)26-17-16-24-12-7-8-13-25(24)20-26/h4-8,10-13,16-17,20,27H,9,14-15,18-19,21-22H2,1-3H3,(H,33,38)(H,34,37)/t27-/m0/s1. The van der Waals surface area contributed by atoms with Crippen LogP contribution in [0, 0.1) is 5.92 Å². The first-order chi connectivity index (χ1) is 18.1. The predicted molar refractivity (Wildman–Crippen MR) is 151 cm³/mol. The molecule has 6 nitrogen and oxygen atoms in total. The molecule has 6 heteroatoms. The van der Waals surface area contributed by atoms with Gasteiger partial charge in [0.05, 0.1) is 5.92 Å². The summed E-state index contributed by atoms with van der Waals surface area (Å²) >= 11 is 0. The molecule has 3 aromatic carbocycles. The number of benzene rings is 3. The summed E-state index contributed by atoms with van der Waals surface area (Å²) in [5.74, 6) is -1.39. The van der Waals surface area contributed by atoms with Gasteiger partial charge in [0.1, 0.15) is 5.78 Å². The van der Waals surface area contributed by atoms with E-state index in [4.69, 9.17) is 0 Å². The predicted octanol–water partition coefficient (Wildman–Crippen LogP) is 5.43. The van der Waals surface area contributed by atoms with Gasteiger partial charge in [-0.1, -0.05) is 66.7 Å². The minimum atomic E-state index is -0.753. The third-order valence-electron chi connectivity index (χ3n) is 6.28. The monoisotopic (exact) mass is 514 g/mol. The van der Waals surface area contributed by atoms with E-state index in [0.29, 0.717) is 37.8 Å². The average molecular weight is 515 g/mol. The molecule has 3 rings (SSSR count). The third kappa shape index (κ3) is 9.58. The van der Waals surface area contributed by atoms with Crippen LogP contribution in [0.1, 0.15) is 68.8 Å². The van der Waals surface area contributed by atoms with Gasteiger partial charge < -0.3 is 10.6 Å². The number of ketones is 2. The minimum absolute atomic E-state index is 0.00620. The van der Waals surface area contributed by atoms with Crippen molar-refractivity contribution in [3.63, 3.8) is 0 Å². The summed E-state index contributed by atoms with van der Waals surface area (Å²) in [6, 6.07) is 23.3. The Kier molecular flexibility index (Phi) is 10.3. The summed E-state index contributed by atoms with van der Waals surface area (Å²) < 4.78 is 0. The summed E-state index contributed by atoms with van der Waals surface area (Å²) in [4.78, 5) is 50.9. The maximum absolute atomic E-state index is 13.0. The van der Waals surface area contributed by atoms with Gasteiger partial charge in [0.2, 0.25) is 11.8 Å². The molecule has 0 unspecified atom stereocenters. The number of Topliss-reactive ketones (excluding diaryl/α,β-unsaturated/α-hetero) is 2. The largest absolute Gasteiger partial charge is 0.356 e. The summed E-state index contributed by atoms with van der Waals surface area (Å²) in [6.45, 7) is 5.92. The summed E-state index contributed by atoms with van der Waals surface area (Å²) in [5, 5.41) is 7.81. The number of nitrogens with one attached hydrogen (secondary N) is 2. The summed E-state index contributed by atoms with van der Waals surface area (Å²) in [7, 11) is 0. The Balaban J connectivity index is 1.52. The minimum Gasteiger partial charge on any atom is -0.356 e. The topological polar surface area (TPSA) is 92.3 Å². The van der Waals surface area contributed by atoms with Gasteiger partial charge >= 0.3 is 0 Å². The van der Waals surface area contributed by atoms with Gasteiger partial charge in [0, 0.05) is 43.3 Å². The molecule has 200 valence electrons. The lowest BCUT2D eigenvalue weighted by molar-refractivity contribution is -0.133. The molecular weight excluding hydrogens is 476 g/mol. The molecule has 1 atom stereocenters. The molecule has 0 saturated heterocycles. The van der Waals surface area contributed by atoms with E-state index >= 15 is 0 Å². The van der Waals surface area contributed by atoms with E-state index in [1.54, 1.807) is 0 Å². The molecule has 0 heterocycles. The van der Waals surface area contributed by atoms with E-state index in [1.165, 1.54) is 0 Å². The van der Waals surface area contributed by atoms with Gasteiger partial charge in [-0.3, -0.25) is 19.2 Å². The molecule has 0 aliphatic carbocycles. The smallest absolute Gasteiger partial charge is 0.224 e. The summed E-state index contributed by atoms with van der Waals surface area (Å²) in [5.41, 5.74) is 1.28. The quantitative estimate of drug-likeness (QED) is 0.235. The maximum atomic E-state index is 13.0. The molecule has 38 heavy (non-hydrogen) atoms. The Bertz CT molecular complexity index is 1260. The fraction of sp³-hybridized carbons (Fsp3) is 0.375. The van der Waals surface area contributed by atoms with Crippen LogP contribution < -0.4 is 10.6 Å². The van der Waals surface area contributed by atoms with Crippen LogP contribution in [0.4, 0.5) is 0 Å². The van der Waals surface area contributed by atoms with Gasteiger partial charge in [-0.15, -0.1) is 0 Å². The molecule has 0 spiro atoms. The molecule has 0 bridgehead atoms. The Hall–Kier alpha value is -3.80. The van der Waals surface area contributed by atoms with Crippen molar-refractivity contribution >= 4 is 34.2 Å². The van der Waals surface area contributed by atoms with Crippen LogP contribution in [0.15, 0.2) is 72.8 Å². The van der Waals surface area contributed by atoms with E-state index in [-0.39, 0.29) is 36.2 Å². The molecule has 2 N–H and O–H groups in total. The zero-order chi connectivity index (χ0) is 27.5. The fourth-order valence-corrected chi connectivity index (χ4v) is 4.37. The molecular formula is C32H38N2O4. The molecule has 0 fully saturated rings. The van der Waals surface area contributed by atoms with Crippen LogP contribution in [0.25, 0.3) is 10.8 Å². The highest BCUT2D eigenvalue weighted by Gasteiger charge is 2.26. The first kappa shape index (κ1) is 28.8. The van der Waals surface area contributed by atoms with Crippen molar-refractivity contribution < 1.29 is 19.2 Å². The van der Waals surface area contributed by atoms with Gasteiger partial charge in [-0.05, 0) is 56.0 Å². The second-order valence-electron chi connectivity index (χ2n) is 10.8. The van der Waals surface area contributed by atoms with Crippen molar-refractivity contribution in [2.75, 3.05) is 6.54 Å². The second-order valence-corrected chi connectivity index (χ2v) is 10.8. The normalized spacial score (nSPS) is 12.1. The van der Waals surface area contributed by atoms with Crippen molar-refractivity contribution in [3.05, 3.63) is 83.9 Å². The number of carbonyl (C=O) groups is 4. The maximum Gasteiger partial charge on any atom is 0.224 e. The van der Waals surface area contributed by atoms with E-state index in [1.807, 2.05) is 93.6 Å². The summed E-state index contributed by atoms with van der Waals surface area (Å²) in [6.07, 6.45) is 1.63. The van der Waals surface area contributed by atoms with E-state index in [0.717, 1.165) is 16.3 Å². The molecule has 0 aromatic heterocycles. The van der Waals surface area contributed by atoms with E-state index in [2.05, 4.69) is 10.6 Å². The Labute approximate surface area is 225 Å². The Morgan fingerprint density at radius 3 is 2.18 bits per heavy atom. The van der Waals surface area contributed by atoms with Gasteiger partial charge in [0.25, 0.3) is 0 Å². The molecule has 0 aliphatic rings. The van der Waals surface area contributed by atoms with Crippen LogP contribution >= 0.6 is 0 Å². The van der Waals surface area contributed by atoms with Crippen LogP contribution in [-0.4, -0.2) is 35.5 Å². The zero-order valence-electron chi connectivity index (χ0n) is 22.6. The first-order valence-electron chi connectivity index (χ1n) is 13.3. The SMILES string of the molecule is CC(C)(C)NC(=O)C[C@H](CC(=O)CCc1ccccc1)C(=O)NCCCC(=O)c1ccc2ccccc2c1. The number of hydrogen-bond donors (Lipinski definition) is 2. The van der Waals surface area contributed by atoms with Crippen LogP contribution in [0.3, 0.4) is 0 Å². The molecule has 0 radical (unpaired) electrons. The molecule has 0 saturated carbocycles. The Morgan fingerprint density at radius 1 is 0.789 bits per heavy atom. The molecule has 0 aliphatic heterocycles. The lowest BCUT2D eigenvalue weighted by Gasteiger charge is -2.23. The number of amides is 2. The van der Waals surface area contributed by atoms with Crippen LogP contribution in [0.5, 0.6) is 0 Å². The zero-order valence-corrected chi connectivity index (χ0v) is 22.6. The van der Waals surface area contributed by atoms with Crippen molar-refractivity contribution in [1.29, 1.82) is 0 Å². The van der Waals surface area contributed by atoms with Crippen LogP contribution in [0.2, 0.25) is 0 Å². The van der Waals surface area contributed by atoms with Crippen molar-refractivity contribution in [2.45, 2.75) is 64.8 Å². The number of fused-ring (bicyclic) bond motifs is 1. The second kappa shape index (κ2) is 13.7. The lowest BCUT2D eigenvalue weighted by atomic mass is 9.94. The average Bonchev–Trinajstić information content (AvgIpc) is 2.88. The number of aryl methyl sites for hydroxylation is 1. The highest BCUT2D eigenvalue weighted by molar-refractivity contribution is 6.00. The number of rotatable bonds is 13. The highest BCUT2D eigenvalue weighted by Crippen LogP contribution is 2.18. The van der Waals surface area contributed by atoms with Gasteiger partial charge in [-0.2, -0.15) is 0 Å². The van der Waals surface area contributed by atoms with Gasteiger partial charge in [-0.25, -0.2) is 0 Å². The lowest BCUT2D eigenvalue weighted by Crippen LogP contribution is -2.43. The molecule has 3 aromatic rings. The van der Waals surface area contributed by atoms with Crippen molar-refractivity contribution in [2.24, 2.45) is 5.92 Å². The third-order valence-corrected chi connectivity index (χ3v) is 6.28.